The van der Waals surface area contributed by atoms with E-state index in [0.717, 1.165) is 5.69 Å². The van der Waals surface area contributed by atoms with Crippen LogP contribution in [-0.4, -0.2) is 40.7 Å². The fraction of sp³-hybridized carbons (Fsp3) is 0.368. The summed E-state index contributed by atoms with van der Waals surface area (Å²) in [7, 11) is 1.82. The van der Waals surface area contributed by atoms with E-state index in [0.29, 0.717) is 29.1 Å². The molecule has 7 nitrogen and oxygen atoms in total. The van der Waals surface area contributed by atoms with Crippen molar-refractivity contribution >= 4 is 16.9 Å². The van der Waals surface area contributed by atoms with E-state index in [1.165, 1.54) is 0 Å². The molecule has 4 rings (SSSR count). The summed E-state index contributed by atoms with van der Waals surface area (Å²) < 4.78 is 40.8. The maximum absolute atomic E-state index is 13.8. The van der Waals surface area contributed by atoms with E-state index >= 15 is 0 Å². The molecule has 1 saturated heterocycles. The van der Waals surface area contributed by atoms with Gasteiger partial charge in [0.1, 0.15) is 29.7 Å². The van der Waals surface area contributed by atoms with Gasteiger partial charge in [-0.15, -0.1) is 0 Å². The molecule has 1 aliphatic rings. The molecule has 9 heteroatoms. The Morgan fingerprint density at radius 3 is 2.96 bits per heavy atom. The van der Waals surface area contributed by atoms with Crippen LogP contribution in [-0.2, 0) is 13.7 Å². The van der Waals surface area contributed by atoms with E-state index < -0.39 is 24.4 Å². The quantitative estimate of drug-likeness (QED) is 0.699. The summed E-state index contributed by atoms with van der Waals surface area (Å²) in [5.41, 5.74) is 1.62. The number of alkyl halides is 2. The van der Waals surface area contributed by atoms with Crippen molar-refractivity contribution in [3.8, 4) is 5.75 Å². The number of nitrogens with zero attached hydrogens (tertiary/aromatic N) is 2. The van der Waals surface area contributed by atoms with Crippen LogP contribution in [0.1, 0.15) is 21.8 Å². The van der Waals surface area contributed by atoms with Crippen molar-refractivity contribution in [2.24, 2.45) is 7.05 Å². The molecule has 0 radical (unpaired) electrons. The molecule has 2 aromatic heterocycles. The number of benzene rings is 1. The van der Waals surface area contributed by atoms with Gasteiger partial charge in [-0.2, -0.15) is 5.10 Å². The summed E-state index contributed by atoms with van der Waals surface area (Å²) in [6.07, 6.45) is 1.68. The van der Waals surface area contributed by atoms with Crippen LogP contribution in [0.25, 0.3) is 11.0 Å². The summed E-state index contributed by atoms with van der Waals surface area (Å²) in [6, 6.07) is 5.70. The van der Waals surface area contributed by atoms with Gasteiger partial charge >= 0.3 is 0 Å². The fourth-order valence-corrected chi connectivity index (χ4v) is 3.31. The third-order valence-corrected chi connectivity index (χ3v) is 4.90. The number of hydrogen-bond acceptors (Lipinski definition) is 5. The van der Waals surface area contributed by atoms with Gasteiger partial charge in [0.05, 0.1) is 17.8 Å². The lowest BCUT2D eigenvalue weighted by molar-refractivity contribution is -0.00247. The number of furan rings is 1. The first-order valence-corrected chi connectivity index (χ1v) is 8.87. The van der Waals surface area contributed by atoms with Crippen molar-refractivity contribution in [1.29, 1.82) is 0 Å². The molecular formula is C19H20F2N4O3. The molecule has 1 aliphatic heterocycles. The summed E-state index contributed by atoms with van der Waals surface area (Å²) in [6.45, 7) is 1.51. The Balaban J connectivity index is 1.58. The van der Waals surface area contributed by atoms with Gasteiger partial charge in [0.25, 0.3) is 11.8 Å². The highest BCUT2D eigenvalue weighted by Gasteiger charge is 2.45. The van der Waals surface area contributed by atoms with Gasteiger partial charge in [0.15, 0.2) is 0 Å². The molecule has 0 aliphatic carbocycles. The van der Waals surface area contributed by atoms with Gasteiger partial charge in [-0.25, -0.2) is 8.78 Å². The summed E-state index contributed by atoms with van der Waals surface area (Å²) >= 11 is 0. The first kappa shape index (κ1) is 18.4. The average Bonchev–Trinajstić information content (AvgIpc) is 3.29. The number of hydrogen-bond donors (Lipinski definition) is 2. The van der Waals surface area contributed by atoms with Crippen LogP contribution in [0.4, 0.5) is 8.78 Å². The number of carbonyl (C=O) groups excluding carboxylic acids is 1. The third kappa shape index (κ3) is 3.33. The molecule has 148 valence electrons. The summed E-state index contributed by atoms with van der Waals surface area (Å²) in [4.78, 5) is 12.7. The molecule has 3 heterocycles. The molecule has 1 amide bonds. The third-order valence-electron chi connectivity index (χ3n) is 4.90. The zero-order valence-corrected chi connectivity index (χ0v) is 15.5. The predicted octanol–water partition coefficient (Wildman–Crippen LogP) is 2.39. The lowest BCUT2D eigenvalue weighted by Crippen LogP contribution is -2.46. The number of ether oxygens (including phenoxy) is 1. The Kier molecular flexibility index (Phi) is 4.54. The summed E-state index contributed by atoms with van der Waals surface area (Å²) in [5, 5.41) is 9.62. The summed E-state index contributed by atoms with van der Waals surface area (Å²) in [5.74, 6) is -2.67. The van der Waals surface area contributed by atoms with Crippen molar-refractivity contribution < 1.29 is 22.7 Å². The van der Waals surface area contributed by atoms with Gasteiger partial charge in [0, 0.05) is 25.2 Å². The van der Waals surface area contributed by atoms with Crippen molar-refractivity contribution in [2.75, 3.05) is 13.1 Å². The highest BCUT2D eigenvalue weighted by Crippen LogP contribution is 2.30. The second-order valence-corrected chi connectivity index (χ2v) is 6.84. The Hall–Kier alpha value is -2.94. The molecular weight excluding hydrogens is 370 g/mol. The maximum atomic E-state index is 13.8. The lowest BCUT2D eigenvalue weighted by Gasteiger charge is -2.19. The Morgan fingerprint density at radius 1 is 1.46 bits per heavy atom. The van der Waals surface area contributed by atoms with Crippen molar-refractivity contribution in [3.63, 3.8) is 0 Å². The van der Waals surface area contributed by atoms with Gasteiger partial charge in [-0.3, -0.25) is 9.48 Å². The first-order chi connectivity index (χ1) is 13.3. The Labute approximate surface area is 159 Å². The van der Waals surface area contributed by atoms with Gasteiger partial charge in [0.2, 0.25) is 0 Å². The predicted molar refractivity (Wildman–Crippen MR) is 97.6 cm³/mol. The van der Waals surface area contributed by atoms with Crippen LogP contribution in [0.15, 0.2) is 34.9 Å². The van der Waals surface area contributed by atoms with Crippen LogP contribution in [0, 0.1) is 6.92 Å². The minimum atomic E-state index is -2.99. The fourth-order valence-electron chi connectivity index (χ4n) is 3.31. The molecule has 1 aromatic carbocycles. The standard InChI is InChI=1S/C19H20F2N4O3/c1-11-17(18(26)24-16-8-22-10-19(16,20)21)14-7-13(3-4-15(14)28-11)27-9-12-5-6-23-25(12)2/h3-7,16,22H,8-10H2,1-2H3,(H,24,26). The van der Waals surface area contributed by atoms with E-state index in [-0.39, 0.29) is 12.1 Å². The molecule has 1 atom stereocenters. The maximum Gasteiger partial charge on any atom is 0.281 e. The van der Waals surface area contributed by atoms with Crippen LogP contribution >= 0.6 is 0 Å². The van der Waals surface area contributed by atoms with Gasteiger partial charge in [-0.05, 0) is 31.2 Å². The topological polar surface area (TPSA) is 81.3 Å². The number of aromatic nitrogens is 2. The number of fused-ring (bicyclic) bond motifs is 1. The number of amides is 1. The molecule has 0 spiro atoms. The van der Waals surface area contributed by atoms with Crippen LogP contribution in [0.2, 0.25) is 0 Å². The van der Waals surface area contributed by atoms with Crippen LogP contribution in [0.5, 0.6) is 5.75 Å². The Morgan fingerprint density at radius 2 is 2.29 bits per heavy atom. The Bertz CT molecular complexity index is 1030. The van der Waals surface area contributed by atoms with Crippen molar-refractivity contribution in [2.45, 2.75) is 25.5 Å². The largest absolute Gasteiger partial charge is 0.487 e. The molecule has 2 N–H and O–H groups in total. The smallest absolute Gasteiger partial charge is 0.281 e. The molecule has 3 aromatic rings. The van der Waals surface area contributed by atoms with Crippen LogP contribution in [0.3, 0.4) is 0 Å². The minimum Gasteiger partial charge on any atom is -0.487 e. The van der Waals surface area contributed by atoms with Crippen molar-refractivity contribution in [1.82, 2.24) is 20.4 Å². The minimum absolute atomic E-state index is 0.0205. The second kappa shape index (κ2) is 6.90. The van der Waals surface area contributed by atoms with E-state index in [1.807, 2.05) is 13.1 Å². The molecule has 1 fully saturated rings. The SMILES string of the molecule is Cc1oc2ccc(OCc3ccnn3C)cc2c1C(=O)NC1CNCC1(F)F. The number of carbonyl (C=O) groups is 1. The lowest BCUT2D eigenvalue weighted by atomic mass is 10.1. The van der Waals surface area contributed by atoms with Crippen molar-refractivity contribution in [3.05, 3.63) is 47.5 Å². The van der Waals surface area contributed by atoms with Gasteiger partial charge in [-0.1, -0.05) is 0 Å². The highest BCUT2D eigenvalue weighted by molar-refractivity contribution is 6.07. The number of halogens is 2. The number of rotatable bonds is 5. The van der Waals surface area contributed by atoms with E-state index in [2.05, 4.69) is 15.7 Å². The second-order valence-electron chi connectivity index (χ2n) is 6.84. The van der Waals surface area contributed by atoms with Gasteiger partial charge < -0.3 is 19.8 Å². The zero-order valence-electron chi connectivity index (χ0n) is 15.5. The van der Waals surface area contributed by atoms with E-state index in [9.17, 15) is 13.6 Å². The number of nitrogens with one attached hydrogen (secondary N) is 2. The van der Waals surface area contributed by atoms with Crippen LogP contribution < -0.4 is 15.4 Å². The highest BCUT2D eigenvalue weighted by atomic mass is 19.3. The van der Waals surface area contributed by atoms with E-state index in [4.69, 9.17) is 9.15 Å². The monoisotopic (exact) mass is 390 g/mol. The molecule has 0 saturated carbocycles. The number of aryl methyl sites for hydroxylation is 2. The molecule has 1 unspecified atom stereocenters. The molecule has 0 bridgehead atoms. The van der Waals surface area contributed by atoms with E-state index in [1.54, 1.807) is 36.0 Å². The zero-order chi connectivity index (χ0) is 19.9. The molecule has 28 heavy (non-hydrogen) atoms. The normalized spacial score (nSPS) is 18.5. The average molecular weight is 390 g/mol. The first-order valence-electron chi connectivity index (χ1n) is 8.87.